The number of nitrogens with zero attached hydrogens (tertiary/aromatic N) is 2. The highest BCUT2D eigenvalue weighted by Gasteiger charge is 2.07. The maximum Gasteiger partial charge on any atom is 0.116 e. The van der Waals surface area contributed by atoms with Crippen LogP contribution in [-0.2, 0) is 6.54 Å². The summed E-state index contributed by atoms with van der Waals surface area (Å²) in [5.74, 6) is 0. The van der Waals surface area contributed by atoms with Crippen molar-refractivity contribution in [3.63, 3.8) is 0 Å². The molecular formula is C15H18BrN3S. The average molecular weight is 352 g/mol. The maximum atomic E-state index is 4.56. The standard InChI is InChI=1S/C15H18BrN3S/c1-3-6-17-9-12-8-11(2)14(19-10-12)20-15-13(16)5-4-7-18-15/h4-5,7-8,10,17H,3,6,9H2,1-2H3. The number of halogens is 1. The molecule has 0 aliphatic rings. The third kappa shape index (κ3) is 4.30. The number of aromatic nitrogens is 2. The molecule has 106 valence electrons. The second kappa shape index (κ2) is 7.76. The zero-order valence-electron chi connectivity index (χ0n) is 11.7. The molecule has 0 fully saturated rings. The van der Waals surface area contributed by atoms with Crippen LogP contribution >= 0.6 is 27.7 Å². The molecule has 20 heavy (non-hydrogen) atoms. The fourth-order valence-corrected chi connectivity index (χ4v) is 3.06. The first-order chi connectivity index (χ1) is 9.70. The van der Waals surface area contributed by atoms with E-state index in [4.69, 9.17) is 0 Å². The van der Waals surface area contributed by atoms with Gasteiger partial charge in [-0.2, -0.15) is 0 Å². The largest absolute Gasteiger partial charge is 0.313 e. The molecule has 0 saturated heterocycles. The molecule has 0 bridgehead atoms. The SMILES string of the molecule is CCCNCc1cnc(Sc2ncccc2Br)c(C)c1. The molecule has 0 saturated carbocycles. The zero-order valence-corrected chi connectivity index (χ0v) is 14.1. The summed E-state index contributed by atoms with van der Waals surface area (Å²) in [6.45, 7) is 6.17. The van der Waals surface area contributed by atoms with Crippen molar-refractivity contribution < 1.29 is 0 Å². The van der Waals surface area contributed by atoms with Gasteiger partial charge in [0.1, 0.15) is 10.1 Å². The van der Waals surface area contributed by atoms with Crippen LogP contribution in [0.5, 0.6) is 0 Å². The van der Waals surface area contributed by atoms with Gasteiger partial charge in [0.2, 0.25) is 0 Å². The first kappa shape index (κ1) is 15.5. The van der Waals surface area contributed by atoms with Crippen molar-refractivity contribution in [3.05, 3.63) is 46.2 Å². The summed E-state index contributed by atoms with van der Waals surface area (Å²) in [6, 6.07) is 6.10. The number of nitrogens with one attached hydrogen (secondary N) is 1. The molecule has 2 aromatic rings. The fraction of sp³-hybridized carbons (Fsp3) is 0.333. The molecule has 0 aliphatic heterocycles. The lowest BCUT2D eigenvalue weighted by Gasteiger charge is -2.08. The average Bonchev–Trinajstić information content (AvgIpc) is 2.44. The lowest BCUT2D eigenvalue weighted by Crippen LogP contribution is -2.14. The Morgan fingerprint density at radius 3 is 2.85 bits per heavy atom. The summed E-state index contributed by atoms with van der Waals surface area (Å²) in [7, 11) is 0. The molecule has 2 aromatic heterocycles. The van der Waals surface area contributed by atoms with E-state index in [1.807, 2.05) is 18.3 Å². The van der Waals surface area contributed by atoms with Crippen LogP contribution in [0.3, 0.4) is 0 Å². The number of rotatable bonds is 6. The second-order valence-corrected chi connectivity index (χ2v) is 6.37. The quantitative estimate of drug-likeness (QED) is 0.791. The minimum Gasteiger partial charge on any atom is -0.313 e. The van der Waals surface area contributed by atoms with E-state index >= 15 is 0 Å². The summed E-state index contributed by atoms with van der Waals surface area (Å²) in [6.07, 6.45) is 4.88. The predicted octanol–water partition coefficient (Wildman–Crippen LogP) is 4.20. The van der Waals surface area contributed by atoms with Gasteiger partial charge >= 0.3 is 0 Å². The fourth-order valence-electron chi connectivity index (χ4n) is 1.77. The molecule has 0 spiro atoms. The van der Waals surface area contributed by atoms with Crippen molar-refractivity contribution in [2.75, 3.05) is 6.54 Å². The van der Waals surface area contributed by atoms with Gasteiger partial charge in [-0.1, -0.05) is 13.0 Å². The van der Waals surface area contributed by atoms with E-state index < -0.39 is 0 Å². The molecule has 1 N–H and O–H groups in total. The van der Waals surface area contributed by atoms with Crippen LogP contribution in [0.1, 0.15) is 24.5 Å². The van der Waals surface area contributed by atoms with Crippen LogP contribution in [0.15, 0.2) is 45.1 Å². The van der Waals surface area contributed by atoms with Gasteiger partial charge in [0.05, 0.1) is 4.47 Å². The normalized spacial score (nSPS) is 10.8. The van der Waals surface area contributed by atoms with Crippen LogP contribution < -0.4 is 5.32 Å². The van der Waals surface area contributed by atoms with Crippen molar-refractivity contribution in [2.45, 2.75) is 36.9 Å². The lowest BCUT2D eigenvalue weighted by atomic mass is 10.2. The topological polar surface area (TPSA) is 37.8 Å². The Morgan fingerprint density at radius 2 is 2.15 bits per heavy atom. The first-order valence-electron chi connectivity index (χ1n) is 6.65. The van der Waals surface area contributed by atoms with Crippen molar-refractivity contribution in [2.24, 2.45) is 0 Å². The zero-order chi connectivity index (χ0) is 14.4. The molecule has 0 atom stereocenters. The predicted molar refractivity (Wildman–Crippen MR) is 87.0 cm³/mol. The molecule has 0 amide bonds. The van der Waals surface area contributed by atoms with Gasteiger partial charge in [0.15, 0.2) is 0 Å². The summed E-state index contributed by atoms with van der Waals surface area (Å²) in [4.78, 5) is 8.92. The van der Waals surface area contributed by atoms with Gasteiger partial charge in [-0.05, 0) is 70.8 Å². The molecule has 0 unspecified atom stereocenters. The Hall–Kier alpha value is -0.910. The van der Waals surface area contributed by atoms with Gasteiger partial charge in [-0.25, -0.2) is 9.97 Å². The van der Waals surface area contributed by atoms with Crippen LogP contribution in [-0.4, -0.2) is 16.5 Å². The number of pyridine rings is 2. The number of hydrogen-bond donors (Lipinski definition) is 1. The summed E-state index contributed by atoms with van der Waals surface area (Å²) in [5.41, 5.74) is 2.41. The highest BCUT2D eigenvalue weighted by Crippen LogP contribution is 2.32. The number of hydrogen-bond acceptors (Lipinski definition) is 4. The molecule has 3 nitrogen and oxygen atoms in total. The Morgan fingerprint density at radius 1 is 1.30 bits per heavy atom. The highest BCUT2D eigenvalue weighted by molar-refractivity contribution is 9.10. The van der Waals surface area contributed by atoms with Gasteiger partial charge in [0.25, 0.3) is 0 Å². The minimum atomic E-state index is 0.875. The van der Waals surface area contributed by atoms with Crippen LogP contribution in [0.2, 0.25) is 0 Å². The Kier molecular flexibility index (Phi) is 6.01. The smallest absolute Gasteiger partial charge is 0.116 e. The van der Waals surface area contributed by atoms with E-state index in [0.717, 1.165) is 34.0 Å². The van der Waals surface area contributed by atoms with Gasteiger partial charge in [-0.15, -0.1) is 0 Å². The Balaban J connectivity index is 2.08. The highest BCUT2D eigenvalue weighted by atomic mass is 79.9. The molecular weight excluding hydrogens is 334 g/mol. The van der Waals surface area contributed by atoms with E-state index in [2.05, 4.69) is 51.1 Å². The maximum absolute atomic E-state index is 4.56. The second-order valence-electron chi connectivity index (χ2n) is 4.53. The van der Waals surface area contributed by atoms with Gasteiger partial charge < -0.3 is 5.32 Å². The van der Waals surface area contributed by atoms with Crippen molar-refractivity contribution in [3.8, 4) is 0 Å². The Labute approximate surface area is 132 Å². The van der Waals surface area contributed by atoms with Crippen LogP contribution in [0, 0.1) is 6.92 Å². The molecule has 0 aliphatic carbocycles. The third-order valence-electron chi connectivity index (χ3n) is 2.76. The van der Waals surface area contributed by atoms with Crippen molar-refractivity contribution in [1.29, 1.82) is 0 Å². The molecule has 0 aromatic carbocycles. The monoisotopic (exact) mass is 351 g/mol. The first-order valence-corrected chi connectivity index (χ1v) is 8.26. The minimum absolute atomic E-state index is 0.875. The van der Waals surface area contributed by atoms with Crippen molar-refractivity contribution in [1.82, 2.24) is 15.3 Å². The van der Waals surface area contributed by atoms with Gasteiger partial charge in [-0.3, -0.25) is 0 Å². The molecule has 2 heterocycles. The molecule has 0 radical (unpaired) electrons. The van der Waals surface area contributed by atoms with Gasteiger partial charge in [0, 0.05) is 18.9 Å². The van der Waals surface area contributed by atoms with E-state index in [1.165, 1.54) is 11.1 Å². The molecule has 2 rings (SSSR count). The van der Waals surface area contributed by atoms with Crippen molar-refractivity contribution >= 4 is 27.7 Å². The van der Waals surface area contributed by atoms with E-state index in [1.54, 1.807) is 18.0 Å². The summed E-state index contributed by atoms with van der Waals surface area (Å²) < 4.78 is 1.000. The third-order valence-corrected chi connectivity index (χ3v) is 4.80. The number of aryl methyl sites for hydroxylation is 1. The van der Waals surface area contributed by atoms with E-state index in [9.17, 15) is 0 Å². The van der Waals surface area contributed by atoms with E-state index in [0.29, 0.717) is 0 Å². The lowest BCUT2D eigenvalue weighted by molar-refractivity contribution is 0.672. The van der Waals surface area contributed by atoms with E-state index in [-0.39, 0.29) is 0 Å². The van der Waals surface area contributed by atoms with Crippen LogP contribution in [0.25, 0.3) is 0 Å². The summed E-state index contributed by atoms with van der Waals surface area (Å²) in [5, 5.41) is 5.34. The van der Waals surface area contributed by atoms with Crippen LogP contribution in [0.4, 0.5) is 0 Å². The molecule has 5 heteroatoms. The summed E-state index contributed by atoms with van der Waals surface area (Å²) >= 11 is 5.10. The Bertz CT molecular complexity index is 575.